The minimum Gasteiger partial charge on any atom is -0.121 e. The highest BCUT2D eigenvalue weighted by molar-refractivity contribution is 6.30. The fourth-order valence-corrected chi connectivity index (χ4v) is 1.30. The van der Waals surface area contributed by atoms with E-state index in [1.54, 1.807) is 0 Å². The van der Waals surface area contributed by atoms with Crippen LogP contribution in [0.3, 0.4) is 0 Å². The first-order valence-electron chi connectivity index (χ1n) is 3.42. The summed E-state index contributed by atoms with van der Waals surface area (Å²) in [4.78, 5) is 0. The smallest absolute Gasteiger partial charge is 0.0682 e. The van der Waals surface area contributed by atoms with Gasteiger partial charge in [0.05, 0.1) is 10.8 Å². The number of halogens is 2. The molecule has 2 heteroatoms. The maximum Gasteiger partial charge on any atom is 0.0682 e. The van der Waals surface area contributed by atoms with Gasteiger partial charge >= 0.3 is 0 Å². The molecule has 0 fully saturated rings. The van der Waals surface area contributed by atoms with E-state index in [2.05, 4.69) is 6.08 Å². The molecule has 0 aromatic carbocycles. The molecule has 2 unspecified atom stereocenters. The van der Waals surface area contributed by atoms with Crippen LogP contribution in [0.5, 0.6) is 0 Å². The molecule has 0 aromatic rings. The van der Waals surface area contributed by atoms with Gasteiger partial charge in [-0.25, -0.2) is 0 Å². The highest BCUT2D eigenvalue weighted by Gasteiger charge is 2.12. The van der Waals surface area contributed by atoms with Crippen LogP contribution in [0.15, 0.2) is 24.3 Å². The molecule has 0 spiro atoms. The fraction of sp³-hybridized carbons (Fsp3) is 0.500. The Morgan fingerprint density at radius 2 is 2.00 bits per heavy atom. The van der Waals surface area contributed by atoms with E-state index in [0.717, 1.165) is 12.8 Å². The van der Waals surface area contributed by atoms with Crippen molar-refractivity contribution in [1.82, 2.24) is 0 Å². The average molecular weight is 177 g/mol. The Morgan fingerprint density at radius 1 is 1.20 bits per heavy atom. The third-order valence-electron chi connectivity index (χ3n) is 1.50. The zero-order chi connectivity index (χ0) is 7.40. The van der Waals surface area contributed by atoms with Crippen molar-refractivity contribution in [1.29, 1.82) is 0 Å². The van der Waals surface area contributed by atoms with Gasteiger partial charge in [-0.05, 0) is 12.8 Å². The summed E-state index contributed by atoms with van der Waals surface area (Å²) < 4.78 is 0. The van der Waals surface area contributed by atoms with Gasteiger partial charge in [0.25, 0.3) is 0 Å². The zero-order valence-electron chi connectivity index (χ0n) is 5.63. The minimum absolute atomic E-state index is 0.00776. The van der Waals surface area contributed by atoms with Crippen LogP contribution in [0.25, 0.3) is 0 Å². The first kappa shape index (κ1) is 8.16. The molecule has 1 rings (SSSR count). The largest absolute Gasteiger partial charge is 0.121 e. The number of alkyl halides is 2. The Kier molecular flexibility index (Phi) is 3.30. The highest BCUT2D eigenvalue weighted by Crippen LogP contribution is 2.18. The Hall–Kier alpha value is 0.0600. The van der Waals surface area contributed by atoms with Crippen molar-refractivity contribution in [3.8, 4) is 0 Å². The van der Waals surface area contributed by atoms with Crippen molar-refractivity contribution in [2.45, 2.75) is 23.6 Å². The van der Waals surface area contributed by atoms with Crippen molar-refractivity contribution in [3.05, 3.63) is 24.3 Å². The van der Waals surface area contributed by atoms with Gasteiger partial charge in [0.15, 0.2) is 0 Å². The second-order valence-corrected chi connectivity index (χ2v) is 3.42. The summed E-state index contributed by atoms with van der Waals surface area (Å²) in [6.07, 6.45) is 9.99. The third kappa shape index (κ3) is 2.36. The number of hydrogen-bond donors (Lipinski definition) is 0. The lowest BCUT2D eigenvalue weighted by Gasteiger charge is -2.11. The maximum absolute atomic E-state index is 5.93. The van der Waals surface area contributed by atoms with Crippen molar-refractivity contribution in [2.75, 3.05) is 0 Å². The molecule has 1 aliphatic carbocycles. The minimum atomic E-state index is -0.00776. The Labute approximate surface area is 71.5 Å². The van der Waals surface area contributed by atoms with Gasteiger partial charge < -0.3 is 0 Å². The first-order valence-corrected chi connectivity index (χ1v) is 4.29. The van der Waals surface area contributed by atoms with E-state index >= 15 is 0 Å². The molecule has 0 saturated carbocycles. The molecule has 0 amide bonds. The van der Waals surface area contributed by atoms with Crippen LogP contribution in [0.4, 0.5) is 0 Å². The average Bonchev–Trinajstić information content (AvgIpc) is 1.92. The number of hydrogen-bond acceptors (Lipinski definition) is 0. The van der Waals surface area contributed by atoms with Crippen LogP contribution in [0.1, 0.15) is 12.8 Å². The lowest BCUT2D eigenvalue weighted by atomic mass is 10.1. The van der Waals surface area contributed by atoms with Crippen molar-refractivity contribution >= 4 is 23.2 Å². The van der Waals surface area contributed by atoms with Crippen molar-refractivity contribution in [3.63, 3.8) is 0 Å². The summed E-state index contributed by atoms with van der Waals surface area (Å²) in [7, 11) is 0. The van der Waals surface area contributed by atoms with Crippen molar-refractivity contribution < 1.29 is 0 Å². The van der Waals surface area contributed by atoms with E-state index in [4.69, 9.17) is 23.2 Å². The van der Waals surface area contributed by atoms with Crippen LogP contribution in [-0.4, -0.2) is 10.8 Å². The molecule has 0 bridgehead atoms. The van der Waals surface area contributed by atoms with Gasteiger partial charge in [0.2, 0.25) is 0 Å². The predicted molar refractivity (Wildman–Crippen MR) is 46.8 cm³/mol. The first-order chi connectivity index (χ1) is 4.80. The summed E-state index contributed by atoms with van der Waals surface area (Å²) in [5.74, 6) is 0. The molecular weight excluding hydrogens is 167 g/mol. The molecule has 10 heavy (non-hydrogen) atoms. The highest BCUT2D eigenvalue weighted by atomic mass is 35.5. The van der Waals surface area contributed by atoms with E-state index in [-0.39, 0.29) is 10.8 Å². The van der Waals surface area contributed by atoms with E-state index in [1.165, 1.54) is 0 Å². The molecule has 0 heterocycles. The van der Waals surface area contributed by atoms with E-state index < -0.39 is 0 Å². The normalized spacial score (nSPS) is 33.4. The molecule has 0 radical (unpaired) electrons. The van der Waals surface area contributed by atoms with Gasteiger partial charge in [0.1, 0.15) is 0 Å². The molecule has 0 N–H and O–H groups in total. The van der Waals surface area contributed by atoms with Crippen LogP contribution in [0, 0.1) is 0 Å². The lowest BCUT2D eigenvalue weighted by molar-refractivity contribution is 0.773. The van der Waals surface area contributed by atoms with E-state index in [1.807, 2.05) is 18.2 Å². The zero-order valence-corrected chi connectivity index (χ0v) is 7.15. The molecular formula is C8H10Cl2. The topological polar surface area (TPSA) is 0 Å². The maximum atomic E-state index is 5.93. The second kappa shape index (κ2) is 4.05. The Morgan fingerprint density at radius 3 is 2.80 bits per heavy atom. The van der Waals surface area contributed by atoms with E-state index in [9.17, 15) is 0 Å². The Balaban J connectivity index is 2.55. The molecule has 0 saturated heterocycles. The monoisotopic (exact) mass is 176 g/mol. The fourth-order valence-electron chi connectivity index (χ4n) is 0.880. The number of rotatable bonds is 0. The molecule has 0 aromatic heterocycles. The SMILES string of the molecule is ClC1C=CC=CCCC1Cl. The quantitative estimate of drug-likeness (QED) is 0.498. The van der Waals surface area contributed by atoms with Crippen LogP contribution < -0.4 is 0 Å². The summed E-state index contributed by atoms with van der Waals surface area (Å²) >= 11 is 11.8. The molecule has 0 nitrogen and oxygen atoms in total. The molecule has 0 aliphatic heterocycles. The molecule has 56 valence electrons. The van der Waals surface area contributed by atoms with Gasteiger partial charge in [-0.15, -0.1) is 23.2 Å². The summed E-state index contributed by atoms with van der Waals surface area (Å²) in [5, 5.41) is 0.0782. The van der Waals surface area contributed by atoms with Crippen LogP contribution in [-0.2, 0) is 0 Å². The summed E-state index contributed by atoms with van der Waals surface area (Å²) in [6, 6.07) is 0. The summed E-state index contributed by atoms with van der Waals surface area (Å²) in [6.45, 7) is 0. The van der Waals surface area contributed by atoms with Gasteiger partial charge in [-0.3, -0.25) is 0 Å². The lowest BCUT2D eigenvalue weighted by Crippen LogP contribution is -2.12. The van der Waals surface area contributed by atoms with Crippen LogP contribution in [0.2, 0.25) is 0 Å². The number of allylic oxidation sites excluding steroid dienone is 4. The molecule has 2 atom stereocenters. The second-order valence-electron chi connectivity index (χ2n) is 2.35. The van der Waals surface area contributed by atoms with Crippen LogP contribution >= 0.6 is 23.2 Å². The predicted octanol–water partition coefficient (Wildman–Crippen LogP) is 3.11. The van der Waals surface area contributed by atoms with Gasteiger partial charge in [-0.2, -0.15) is 0 Å². The third-order valence-corrected chi connectivity index (χ3v) is 2.57. The van der Waals surface area contributed by atoms with Gasteiger partial charge in [-0.1, -0.05) is 24.3 Å². The molecule has 1 aliphatic rings. The summed E-state index contributed by atoms with van der Waals surface area (Å²) in [5.41, 5.74) is 0. The standard InChI is InChI=1S/C8H10Cl2/c9-7-5-3-1-2-4-6-8(7)10/h1-3,5,7-8H,4,6H2. The van der Waals surface area contributed by atoms with Crippen molar-refractivity contribution in [2.24, 2.45) is 0 Å². The Bertz CT molecular complexity index is 149. The van der Waals surface area contributed by atoms with E-state index in [0.29, 0.717) is 0 Å². The van der Waals surface area contributed by atoms with Gasteiger partial charge in [0, 0.05) is 0 Å².